The van der Waals surface area contributed by atoms with E-state index >= 15 is 0 Å². The lowest BCUT2D eigenvalue weighted by Gasteiger charge is -2.24. The molecule has 1 N–H and O–H groups in total. The molecule has 0 radical (unpaired) electrons. The third-order valence-electron chi connectivity index (χ3n) is 2.70. The first-order valence-electron chi connectivity index (χ1n) is 5.19. The zero-order valence-corrected chi connectivity index (χ0v) is 8.00. The van der Waals surface area contributed by atoms with Crippen molar-refractivity contribution in [3.63, 3.8) is 0 Å². The predicted octanol–water partition coefficient (Wildman–Crippen LogP) is 2.89. The molecular weight excluding hydrogens is 148 g/mol. The van der Waals surface area contributed by atoms with Gasteiger partial charge in [0.05, 0.1) is 6.10 Å². The molecular formula is C11H20O. The molecule has 1 nitrogen and oxygen atoms in total. The third-order valence-corrected chi connectivity index (χ3v) is 2.70. The van der Waals surface area contributed by atoms with Crippen molar-refractivity contribution in [2.24, 2.45) is 5.92 Å². The highest BCUT2D eigenvalue weighted by molar-refractivity contribution is 4.92. The van der Waals surface area contributed by atoms with Gasteiger partial charge in [-0.3, -0.25) is 0 Å². The fourth-order valence-corrected chi connectivity index (χ4v) is 1.91. The van der Waals surface area contributed by atoms with Gasteiger partial charge in [-0.1, -0.05) is 38.3 Å². The van der Waals surface area contributed by atoms with Gasteiger partial charge in [-0.2, -0.15) is 0 Å². The maximum atomic E-state index is 9.72. The van der Waals surface area contributed by atoms with Crippen LogP contribution in [0.25, 0.3) is 0 Å². The number of hydrogen-bond acceptors (Lipinski definition) is 1. The monoisotopic (exact) mass is 168 g/mol. The van der Waals surface area contributed by atoms with Gasteiger partial charge in [-0.25, -0.2) is 0 Å². The maximum absolute atomic E-state index is 9.72. The molecule has 0 unspecified atom stereocenters. The second-order valence-electron chi connectivity index (χ2n) is 3.73. The molecule has 0 saturated heterocycles. The number of aliphatic hydroxyl groups excluding tert-OH is 1. The van der Waals surface area contributed by atoms with Gasteiger partial charge in [0.25, 0.3) is 0 Å². The van der Waals surface area contributed by atoms with Crippen LogP contribution in [0, 0.1) is 5.92 Å². The molecule has 1 aliphatic carbocycles. The van der Waals surface area contributed by atoms with Gasteiger partial charge in [0.1, 0.15) is 0 Å². The van der Waals surface area contributed by atoms with Crippen LogP contribution in [0.3, 0.4) is 0 Å². The highest BCUT2D eigenvalue weighted by Crippen LogP contribution is 2.26. The molecule has 0 amide bonds. The lowest BCUT2D eigenvalue weighted by atomic mass is 9.85. The van der Waals surface area contributed by atoms with E-state index in [0.717, 1.165) is 6.42 Å². The summed E-state index contributed by atoms with van der Waals surface area (Å²) in [5.74, 6) is 0.543. The summed E-state index contributed by atoms with van der Waals surface area (Å²) in [6.07, 6.45) is 11.3. The summed E-state index contributed by atoms with van der Waals surface area (Å²) >= 11 is 0. The molecule has 1 saturated carbocycles. The topological polar surface area (TPSA) is 20.2 Å². The molecule has 1 heteroatoms. The van der Waals surface area contributed by atoms with Gasteiger partial charge < -0.3 is 5.11 Å². The van der Waals surface area contributed by atoms with Crippen molar-refractivity contribution in [3.05, 3.63) is 12.2 Å². The number of allylic oxidation sites excluding steroid dienone is 1. The van der Waals surface area contributed by atoms with Crippen LogP contribution in [-0.4, -0.2) is 11.2 Å². The summed E-state index contributed by atoms with van der Waals surface area (Å²) in [6, 6.07) is 0. The molecule has 1 rings (SSSR count). The summed E-state index contributed by atoms with van der Waals surface area (Å²) in [5.41, 5.74) is 0. The minimum atomic E-state index is -0.176. The van der Waals surface area contributed by atoms with Crippen LogP contribution in [0.2, 0.25) is 0 Å². The minimum absolute atomic E-state index is 0.176. The molecule has 1 fully saturated rings. The molecule has 0 bridgehead atoms. The molecule has 0 aromatic rings. The Labute approximate surface area is 75.5 Å². The lowest BCUT2D eigenvalue weighted by molar-refractivity contribution is 0.125. The van der Waals surface area contributed by atoms with Crippen LogP contribution in [0.4, 0.5) is 0 Å². The van der Waals surface area contributed by atoms with Gasteiger partial charge in [0.15, 0.2) is 0 Å². The molecule has 0 heterocycles. The van der Waals surface area contributed by atoms with Crippen LogP contribution in [0.1, 0.15) is 45.4 Å². The summed E-state index contributed by atoms with van der Waals surface area (Å²) in [7, 11) is 0. The van der Waals surface area contributed by atoms with Crippen molar-refractivity contribution >= 4 is 0 Å². The first-order valence-corrected chi connectivity index (χ1v) is 5.19. The zero-order valence-electron chi connectivity index (χ0n) is 8.00. The highest BCUT2D eigenvalue weighted by Gasteiger charge is 2.18. The second-order valence-corrected chi connectivity index (χ2v) is 3.73. The van der Waals surface area contributed by atoms with Gasteiger partial charge >= 0.3 is 0 Å². The Morgan fingerprint density at radius 3 is 2.58 bits per heavy atom. The van der Waals surface area contributed by atoms with E-state index in [9.17, 15) is 5.11 Å². The maximum Gasteiger partial charge on any atom is 0.0749 e. The fourth-order valence-electron chi connectivity index (χ4n) is 1.91. The second kappa shape index (κ2) is 5.36. The van der Waals surface area contributed by atoms with E-state index in [1.807, 2.05) is 6.08 Å². The van der Waals surface area contributed by atoms with E-state index in [0.29, 0.717) is 5.92 Å². The van der Waals surface area contributed by atoms with Gasteiger partial charge in [-0.15, -0.1) is 0 Å². The Bertz CT molecular complexity index is 134. The number of hydrogen-bond donors (Lipinski definition) is 1. The SMILES string of the molecule is CCC=C[C@@H](O)C1CCCCC1. The molecule has 0 spiro atoms. The van der Waals surface area contributed by atoms with E-state index in [4.69, 9.17) is 0 Å². The minimum Gasteiger partial charge on any atom is -0.389 e. The van der Waals surface area contributed by atoms with Crippen molar-refractivity contribution in [1.82, 2.24) is 0 Å². The van der Waals surface area contributed by atoms with Gasteiger partial charge in [0.2, 0.25) is 0 Å². The number of aliphatic hydroxyl groups is 1. The van der Waals surface area contributed by atoms with E-state index in [1.54, 1.807) is 0 Å². The van der Waals surface area contributed by atoms with E-state index in [1.165, 1.54) is 32.1 Å². The lowest BCUT2D eigenvalue weighted by Crippen LogP contribution is -2.20. The van der Waals surface area contributed by atoms with Gasteiger partial charge in [-0.05, 0) is 25.2 Å². The molecule has 1 aliphatic rings. The average Bonchev–Trinajstić information content (AvgIpc) is 2.15. The van der Waals surface area contributed by atoms with Crippen molar-refractivity contribution < 1.29 is 5.11 Å². The molecule has 1 atom stereocenters. The Balaban J connectivity index is 2.29. The zero-order chi connectivity index (χ0) is 8.81. The molecule has 0 aliphatic heterocycles. The standard InChI is InChI=1S/C11H20O/c1-2-3-9-11(12)10-7-5-4-6-8-10/h3,9-12H,2,4-8H2,1H3/t11-/m1/s1. The average molecular weight is 168 g/mol. The Morgan fingerprint density at radius 2 is 2.00 bits per heavy atom. The Hall–Kier alpha value is -0.300. The predicted molar refractivity (Wildman–Crippen MR) is 52.0 cm³/mol. The normalized spacial score (nSPS) is 23.2. The van der Waals surface area contributed by atoms with Crippen LogP contribution in [0.5, 0.6) is 0 Å². The van der Waals surface area contributed by atoms with E-state index < -0.39 is 0 Å². The van der Waals surface area contributed by atoms with Crippen molar-refractivity contribution in [1.29, 1.82) is 0 Å². The summed E-state index contributed by atoms with van der Waals surface area (Å²) in [6.45, 7) is 2.10. The van der Waals surface area contributed by atoms with Crippen LogP contribution >= 0.6 is 0 Å². The molecule has 0 aromatic heterocycles. The van der Waals surface area contributed by atoms with Crippen molar-refractivity contribution in [2.75, 3.05) is 0 Å². The Morgan fingerprint density at radius 1 is 1.33 bits per heavy atom. The highest BCUT2D eigenvalue weighted by atomic mass is 16.3. The molecule has 0 aromatic carbocycles. The molecule has 70 valence electrons. The van der Waals surface area contributed by atoms with Crippen LogP contribution in [0.15, 0.2) is 12.2 Å². The molecule has 12 heavy (non-hydrogen) atoms. The summed E-state index contributed by atoms with van der Waals surface area (Å²) in [5, 5.41) is 9.72. The van der Waals surface area contributed by atoms with Crippen molar-refractivity contribution in [3.8, 4) is 0 Å². The van der Waals surface area contributed by atoms with Crippen molar-refractivity contribution in [2.45, 2.75) is 51.6 Å². The van der Waals surface area contributed by atoms with Gasteiger partial charge in [0, 0.05) is 0 Å². The summed E-state index contributed by atoms with van der Waals surface area (Å²) in [4.78, 5) is 0. The Kier molecular flexibility index (Phi) is 4.37. The van der Waals surface area contributed by atoms with E-state index in [2.05, 4.69) is 13.0 Å². The van der Waals surface area contributed by atoms with Crippen LogP contribution in [-0.2, 0) is 0 Å². The van der Waals surface area contributed by atoms with E-state index in [-0.39, 0.29) is 6.10 Å². The smallest absolute Gasteiger partial charge is 0.0749 e. The number of rotatable bonds is 3. The first kappa shape index (κ1) is 9.79. The fraction of sp³-hybridized carbons (Fsp3) is 0.818. The summed E-state index contributed by atoms with van der Waals surface area (Å²) < 4.78 is 0. The van der Waals surface area contributed by atoms with Crippen LogP contribution < -0.4 is 0 Å². The first-order chi connectivity index (χ1) is 5.84. The largest absolute Gasteiger partial charge is 0.389 e. The quantitative estimate of drug-likeness (QED) is 0.642. The third kappa shape index (κ3) is 2.98.